The average Bonchev–Trinajstić information content (AvgIpc) is 3.30. The van der Waals surface area contributed by atoms with Gasteiger partial charge in [0, 0.05) is 24.7 Å². The van der Waals surface area contributed by atoms with Crippen molar-refractivity contribution in [3.8, 4) is 0 Å². The number of benzene rings is 1. The van der Waals surface area contributed by atoms with Gasteiger partial charge in [0.1, 0.15) is 6.61 Å². The van der Waals surface area contributed by atoms with Crippen molar-refractivity contribution in [2.45, 2.75) is 32.9 Å². The third-order valence-corrected chi connectivity index (χ3v) is 5.88. The van der Waals surface area contributed by atoms with E-state index < -0.39 is 11.9 Å². The van der Waals surface area contributed by atoms with Crippen LogP contribution in [0, 0.1) is 12.8 Å². The van der Waals surface area contributed by atoms with Crippen LogP contribution >= 0.6 is 11.3 Å². The van der Waals surface area contributed by atoms with Gasteiger partial charge < -0.3 is 9.64 Å². The predicted molar refractivity (Wildman–Crippen MR) is 106 cm³/mol. The van der Waals surface area contributed by atoms with Gasteiger partial charge in [-0.25, -0.2) is 4.98 Å². The smallest absolute Gasteiger partial charge is 0.311 e. The fourth-order valence-electron chi connectivity index (χ4n) is 3.44. The lowest BCUT2D eigenvalue weighted by Gasteiger charge is -2.25. The molecule has 0 aliphatic carbocycles. The zero-order valence-electron chi connectivity index (χ0n) is 16.1. The minimum atomic E-state index is -0.508. The minimum absolute atomic E-state index is 0.0513. The standard InChI is InChI=1S/C20H20N4O4S/c1-12-8-18(26)24-20(21-12)29-16(22-24)11-28-19(27)15-9-17(25)23(10-15)13(2)14-6-4-3-5-7-14/h3-8,13,15H,9-11H2,1-2H3/t13-,15-/m0/s1. The zero-order chi connectivity index (χ0) is 20.5. The molecule has 0 N–H and O–H groups in total. The number of amides is 1. The number of carbonyl (C=O) groups is 2. The Bertz CT molecular complexity index is 1120. The number of aryl methyl sites for hydroxylation is 1. The van der Waals surface area contributed by atoms with E-state index in [1.54, 1.807) is 11.8 Å². The van der Waals surface area contributed by atoms with Crippen LogP contribution < -0.4 is 5.56 Å². The highest BCUT2D eigenvalue weighted by Crippen LogP contribution is 2.29. The normalized spacial score (nSPS) is 17.7. The van der Waals surface area contributed by atoms with Gasteiger partial charge in [-0.2, -0.15) is 9.61 Å². The Morgan fingerprint density at radius 2 is 2.07 bits per heavy atom. The molecule has 0 bridgehead atoms. The fourth-order valence-corrected chi connectivity index (χ4v) is 4.30. The van der Waals surface area contributed by atoms with Gasteiger partial charge in [0.05, 0.1) is 12.0 Å². The lowest BCUT2D eigenvalue weighted by atomic mass is 10.1. The van der Waals surface area contributed by atoms with Crippen molar-refractivity contribution < 1.29 is 14.3 Å². The van der Waals surface area contributed by atoms with Crippen molar-refractivity contribution in [1.82, 2.24) is 19.5 Å². The molecule has 0 unspecified atom stereocenters. The molecule has 29 heavy (non-hydrogen) atoms. The van der Waals surface area contributed by atoms with Crippen molar-refractivity contribution in [2.75, 3.05) is 6.54 Å². The maximum Gasteiger partial charge on any atom is 0.311 e. The number of carbonyl (C=O) groups excluding carboxylic acids is 2. The summed E-state index contributed by atoms with van der Waals surface area (Å²) in [7, 11) is 0. The molecule has 0 spiro atoms. The third kappa shape index (κ3) is 3.91. The monoisotopic (exact) mass is 412 g/mol. The maximum atomic E-state index is 12.5. The van der Waals surface area contributed by atoms with E-state index in [4.69, 9.17) is 4.74 Å². The number of fused-ring (bicyclic) bond motifs is 1. The molecule has 0 saturated carbocycles. The van der Waals surface area contributed by atoms with Crippen LogP contribution in [0.3, 0.4) is 0 Å². The Labute approximate surface area is 170 Å². The van der Waals surface area contributed by atoms with E-state index in [9.17, 15) is 14.4 Å². The highest BCUT2D eigenvalue weighted by molar-refractivity contribution is 7.16. The number of hydrogen-bond donors (Lipinski definition) is 0. The van der Waals surface area contributed by atoms with E-state index in [2.05, 4.69) is 10.1 Å². The fraction of sp³-hybridized carbons (Fsp3) is 0.350. The van der Waals surface area contributed by atoms with E-state index in [-0.39, 0.29) is 30.5 Å². The minimum Gasteiger partial charge on any atom is -0.458 e. The lowest BCUT2D eigenvalue weighted by Crippen LogP contribution is -2.29. The van der Waals surface area contributed by atoms with E-state index in [1.165, 1.54) is 21.9 Å². The molecule has 2 aromatic heterocycles. The van der Waals surface area contributed by atoms with Gasteiger partial charge in [0.2, 0.25) is 10.9 Å². The first-order valence-corrected chi connectivity index (χ1v) is 10.1. The number of rotatable bonds is 5. The molecule has 1 fully saturated rings. The van der Waals surface area contributed by atoms with Crippen LogP contribution in [0.5, 0.6) is 0 Å². The molecule has 0 radical (unpaired) electrons. The number of likely N-dealkylation sites (tertiary alicyclic amines) is 1. The van der Waals surface area contributed by atoms with Crippen molar-refractivity contribution >= 4 is 28.2 Å². The molecule has 1 aliphatic heterocycles. The molecule has 9 heteroatoms. The van der Waals surface area contributed by atoms with Crippen molar-refractivity contribution in [2.24, 2.45) is 5.92 Å². The summed E-state index contributed by atoms with van der Waals surface area (Å²) >= 11 is 1.20. The molecule has 1 aromatic carbocycles. The Kier molecular flexibility index (Phi) is 5.14. The van der Waals surface area contributed by atoms with Gasteiger partial charge in [0.25, 0.3) is 5.56 Å². The van der Waals surface area contributed by atoms with Crippen LogP contribution in [-0.2, 0) is 20.9 Å². The van der Waals surface area contributed by atoms with E-state index in [0.717, 1.165) is 5.56 Å². The second kappa shape index (κ2) is 7.75. The summed E-state index contributed by atoms with van der Waals surface area (Å²) in [5, 5.41) is 4.63. The van der Waals surface area contributed by atoms with Gasteiger partial charge in [-0.1, -0.05) is 41.7 Å². The molecule has 1 saturated heterocycles. The number of ether oxygens (including phenoxy) is 1. The van der Waals surface area contributed by atoms with Crippen molar-refractivity contribution in [1.29, 1.82) is 0 Å². The van der Waals surface area contributed by atoms with Gasteiger partial charge in [-0.3, -0.25) is 14.4 Å². The van der Waals surface area contributed by atoms with E-state index in [1.807, 2.05) is 37.3 Å². The maximum absolute atomic E-state index is 12.5. The topological polar surface area (TPSA) is 93.9 Å². The zero-order valence-corrected chi connectivity index (χ0v) is 16.9. The second-order valence-corrected chi connectivity index (χ2v) is 8.11. The molecule has 1 aliphatic rings. The van der Waals surface area contributed by atoms with Crippen LogP contribution in [0.1, 0.15) is 35.7 Å². The molecule has 3 heterocycles. The summed E-state index contributed by atoms with van der Waals surface area (Å²) < 4.78 is 6.58. The molecule has 8 nitrogen and oxygen atoms in total. The summed E-state index contributed by atoms with van der Waals surface area (Å²) in [5.41, 5.74) is 1.37. The first-order valence-electron chi connectivity index (χ1n) is 9.30. The van der Waals surface area contributed by atoms with Crippen LogP contribution in [0.15, 0.2) is 41.2 Å². The Morgan fingerprint density at radius 1 is 1.31 bits per heavy atom. The first-order chi connectivity index (χ1) is 13.9. The summed E-state index contributed by atoms with van der Waals surface area (Å²) in [5.74, 6) is -1.00. The first kappa shape index (κ1) is 19.3. The summed E-state index contributed by atoms with van der Waals surface area (Å²) in [6, 6.07) is 11.0. The molecular weight excluding hydrogens is 392 g/mol. The second-order valence-electron chi connectivity index (χ2n) is 7.07. The van der Waals surface area contributed by atoms with Gasteiger partial charge >= 0.3 is 5.97 Å². The van der Waals surface area contributed by atoms with E-state index in [0.29, 0.717) is 22.2 Å². The highest BCUT2D eigenvalue weighted by atomic mass is 32.1. The third-order valence-electron chi connectivity index (χ3n) is 4.99. The summed E-state index contributed by atoms with van der Waals surface area (Å²) in [4.78, 5) is 43.3. The molecule has 3 aromatic rings. The molecule has 1 amide bonds. The van der Waals surface area contributed by atoms with Crippen LogP contribution in [0.2, 0.25) is 0 Å². The Morgan fingerprint density at radius 3 is 2.83 bits per heavy atom. The van der Waals surface area contributed by atoms with Gasteiger partial charge in [0.15, 0.2) is 5.01 Å². The predicted octanol–water partition coefficient (Wildman–Crippen LogP) is 2.11. The molecule has 150 valence electrons. The van der Waals surface area contributed by atoms with E-state index >= 15 is 0 Å². The lowest BCUT2D eigenvalue weighted by molar-refractivity contribution is -0.149. The summed E-state index contributed by atoms with van der Waals surface area (Å²) in [6.45, 7) is 3.97. The number of esters is 1. The number of hydrogen-bond acceptors (Lipinski definition) is 7. The van der Waals surface area contributed by atoms with Crippen LogP contribution in [-0.4, -0.2) is 37.9 Å². The quantitative estimate of drug-likeness (QED) is 0.596. The van der Waals surface area contributed by atoms with Crippen LogP contribution in [0.4, 0.5) is 0 Å². The highest BCUT2D eigenvalue weighted by Gasteiger charge is 2.38. The SMILES string of the molecule is Cc1cc(=O)n2nc(COC(=O)[C@H]3CC(=O)N([C@@H](C)c4ccccc4)C3)sc2n1. The van der Waals surface area contributed by atoms with Gasteiger partial charge in [-0.15, -0.1) is 0 Å². The van der Waals surface area contributed by atoms with Gasteiger partial charge in [-0.05, 0) is 19.4 Å². The Balaban J connectivity index is 1.40. The number of aromatic nitrogens is 3. The number of nitrogens with zero attached hydrogens (tertiary/aromatic N) is 4. The molecule has 4 rings (SSSR count). The average molecular weight is 412 g/mol. The largest absolute Gasteiger partial charge is 0.458 e. The van der Waals surface area contributed by atoms with Crippen molar-refractivity contribution in [3.63, 3.8) is 0 Å². The summed E-state index contributed by atoms with van der Waals surface area (Å²) in [6.07, 6.45) is 0.135. The molecular formula is C20H20N4O4S. The molecule has 2 atom stereocenters. The Hall–Kier alpha value is -3.07. The van der Waals surface area contributed by atoms with Crippen LogP contribution in [0.25, 0.3) is 4.96 Å². The van der Waals surface area contributed by atoms with Crippen molar-refractivity contribution in [3.05, 3.63) is 63.0 Å².